The van der Waals surface area contributed by atoms with Crippen molar-refractivity contribution >= 4 is 28.7 Å². The van der Waals surface area contributed by atoms with Gasteiger partial charge in [-0.2, -0.15) is 0 Å². The summed E-state index contributed by atoms with van der Waals surface area (Å²) < 4.78 is 0. The second-order valence-corrected chi connectivity index (χ2v) is 7.32. The van der Waals surface area contributed by atoms with Crippen molar-refractivity contribution in [2.75, 3.05) is 6.54 Å². The molecule has 1 aliphatic rings. The molecule has 0 spiro atoms. The van der Waals surface area contributed by atoms with Crippen LogP contribution in [0.25, 0.3) is 10.9 Å². The van der Waals surface area contributed by atoms with Crippen LogP contribution in [-0.2, 0) is 20.8 Å². The Morgan fingerprint density at radius 2 is 1.82 bits per heavy atom. The molecule has 1 amide bonds. The maximum absolute atomic E-state index is 12.7. The molecule has 1 aromatic heterocycles. The van der Waals surface area contributed by atoms with E-state index in [1.807, 2.05) is 24.3 Å². The number of carboxylic acid groups (broad SMARTS) is 2. The lowest BCUT2D eigenvalue weighted by molar-refractivity contribution is -0.147. The maximum Gasteiger partial charge on any atom is 0.323 e. The van der Waals surface area contributed by atoms with Crippen LogP contribution in [0.5, 0.6) is 0 Å². The topological polar surface area (TPSA) is 132 Å². The van der Waals surface area contributed by atoms with E-state index in [-0.39, 0.29) is 6.42 Å². The molecule has 150 valence electrons. The number of aromatic amines is 1. The molecule has 0 unspecified atom stereocenters. The highest BCUT2D eigenvalue weighted by Crippen LogP contribution is 2.30. The third-order valence-electron chi connectivity index (χ3n) is 5.40. The number of amides is 1. The van der Waals surface area contributed by atoms with Crippen molar-refractivity contribution in [2.45, 2.75) is 50.1 Å². The largest absolute Gasteiger partial charge is 0.480 e. The van der Waals surface area contributed by atoms with Gasteiger partial charge >= 0.3 is 11.9 Å². The van der Waals surface area contributed by atoms with Crippen LogP contribution in [0.1, 0.15) is 37.7 Å². The van der Waals surface area contributed by atoms with Gasteiger partial charge in [-0.05, 0) is 30.9 Å². The second kappa shape index (κ2) is 8.43. The van der Waals surface area contributed by atoms with Gasteiger partial charge in [-0.3, -0.25) is 19.7 Å². The van der Waals surface area contributed by atoms with E-state index in [1.54, 1.807) is 6.20 Å². The molecule has 0 saturated heterocycles. The average molecular weight is 387 g/mol. The molecule has 0 bridgehead atoms. The first-order chi connectivity index (χ1) is 13.4. The monoisotopic (exact) mass is 387 g/mol. The SMILES string of the molecule is O=C(O)CNC(=O)[C@H](Cc1c[nH]c2ccccc12)NC1(C(=O)O)CCCCC1. The van der Waals surface area contributed by atoms with Crippen molar-refractivity contribution in [3.63, 3.8) is 0 Å². The molecule has 28 heavy (non-hydrogen) atoms. The number of aromatic nitrogens is 1. The molecule has 8 heteroatoms. The Kier molecular flexibility index (Phi) is 5.99. The van der Waals surface area contributed by atoms with E-state index in [0.29, 0.717) is 12.8 Å². The zero-order chi connectivity index (χ0) is 20.1. The Balaban J connectivity index is 1.86. The molecule has 8 nitrogen and oxygen atoms in total. The molecule has 1 aliphatic carbocycles. The van der Waals surface area contributed by atoms with Gasteiger partial charge in [0.1, 0.15) is 12.1 Å². The molecular weight excluding hydrogens is 362 g/mol. The lowest BCUT2D eigenvalue weighted by Crippen LogP contribution is -2.61. The predicted molar refractivity (Wildman–Crippen MR) is 103 cm³/mol. The fourth-order valence-electron chi connectivity index (χ4n) is 3.92. The van der Waals surface area contributed by atoms with Crippen LogP contribution < -0.4 is 10.6 Å². The van der Waals surface area contributed by atoms with Gasteiger partial charge in [0.05, 0.1) is 6.04 Å². The van der Waals surface area contributed by atoms with Gasteiger partial charge in [0.15, 0.2) is 0 Å². The first-order valence-corrected chi connectivity index (χ1v) is 9.47. The number of carbonyl (C=O) groups is 3. The zero-order valence-corrected chi connectivity index (χ0v) is 15.5. The lowest BCUT2D eigenvalue weighted by Gasteiger charge is -2.37. The van der Waals surface area contributed by atoms with Gasteiger partial charge in [0, 0.05) is 17.1 Å². The molecular formula is C20H25N3O5. The molecule has 0 radical (unpaired) electrons. The highest BCUT2D eigenvalue weighted by molar-refractivity contribution is 5.89. The first-order valence-electron chi connectivity index (χ1n) is 9.47. The summed E-state index contributed by atoms with van der Waals surface area (Å²) in [6.45, 7) is -0.509. The number of rotatable bonds is 8. The second-order valence-electron chi connectivity index (χ2n) is 7.32. The van der Waals surface area contributed by atoms with E-state index in [9.17, 15) is 19.5 Å². The third kappa shape index (κ3) is 4.33. The summed E-state index contributed by atoms with van der Waals surface area (Å²) in [7, 11) is 0. The number of hydrogen-bond acceptors (Lipinski definition) is 4. The number of fused-ring (bicyclic) bond motifs is 1. The van der Waals surface area contributed by atoms with Crippen LogP contribution in [0.3, 0.4) is 0 Å². The zero-order valence-electron chi connectivity index (χ0n) is 15.5. The van der Waals surface area contributed by atoms with E-state index in [2.05, 4.69) is 15.6 Å². The van der Waals surface area contributed by atoms with Crippen LogP contribution in [0.2, 0.25) is 0 Å². The summed E-state index contributed by atoms with van der Waals surface area (Å²) in [5.41, 5.74) is 0.623. The van der Waals surface area contributed by atoms with E-state index in [1.165, 1.54) is 0 Å². The molecule has 1 aromatic carbocycles. The molecule has 2 aromatic rings. The number of carbonyl (C=O) groups excluding carboxylic acids is 1. The Morgan fingerprint density at radius 1 is 1.11 bits per heavy atom. The molecule has 1 atom stereocenters. The molecule has 1 heterocycles. The fraction of sp³-hybridized carbons (Fsp3) is 0.450. The van der Waals surface area contributed by atoms with Crippen molar-refractivity contribution in [2.24, 2.45) is 0 Å². The number of aliphatic carboxylic acids is 2. The Hall–Kier alpha value is -2.87. The molecule has 1 saturated carbocycles. The van der Waals surface area contributed by atoms with Crippen LogP contribution in [0.15, 0.2) is 30.5 Å². The van der Waals surface area contributed by atoms with Crippen molar-refractivity contribution in [3.05, 3.63) is 36.0 Å². The standard InChI is InChI=1S/C20H25N3O5/c24-17(25)12-22-18(26)16(23-20(19(27)28)8-4-1-5-9-20)10-13-11-21-15-7-3-2-6-14(13)15/h2-3,6-7,11,16,21,23H,1,4-5,8-10,12H2,(H,22,26)(H,24,25)(H,27,28)/t16-/m0/s1. The summed E-state index contributed by atoms with van der Waals surface area (Å²) in [4.78, 5) is 38.7. The highest BCUT2D eigenvalue weighted by Gasteiger charge is 2.42. The van der Waals surface area contributed by atoms with Crippen LogP contribution in [0, 0.1) is 0 Å². The van der Waals surface area contributed by atoms with Gasteiger partial charge in [-0.25, -0.2) is 0 Å². The number of nitrogens with one attached hydrogen (secondary N) is 3. The van der Waals surface area contributed by atoms with E-state index in [0.717, 1.165) is 35.7 Å². The van der Waals surface area contributed by atoms with Gasteiger partial charge in [0.25, 0.3) is 0 Å². The number of hydrogen-bond donors (Lipinski definition) is 5. The number of para-hydroxylation sites is 1. The summed E-state index contributed by atoms with van der Waals surface area (Å²) in [5.74, 6) is -2.63. The minimum Gasteiger partial charge on any atom is -0.480 e. The van der Waals surface area contributed by atoms with Gasteiger partial charge in [0.2, 0.25) is 5.91 Å². The minimum absolute atomic E-state index is 0.254. The Bertz CT molecular complexity index is 870. The van der Waals surface area contributed by atoms with Crippen LogP contribution >= 0.6 is 0 Å². The predicted octanol–water partition coefficient (Wildman–Crippen LogP) is 1.66. The number of H-pyrrole nitrogens is 1. The van der Waals surface area contributed by atoms with Crippen molar-refractivity contribution in [1.29, 1.82) is 0 Å². The smallest absolute Gasteiger partial charge is 0.323 e. The van der Waals surface area contributed by atoms with Crippen LogP contribution in [-0.4, -0.2) is 51.2 Å². The molecule has 1 fully saturated rings. The average Bonchev–Trinajstić information content (AvgIpc) is 3.09. The van der Waals surface area contributed by atoms with Gasteiger partial charge in [-0.15, -0.1) is 0 Å². The minimum atomic E-state index is -1.17. The van der Waals surface area contributed by atoms with Crippen LogP contribution in [0.4, 0.5) is 0 Å². The third-order valence-corrected chi connectivity index (χ3v) is 5.40. The maximum atomic E-state index is 12.7. The molecule has 3 rings (SSSR count). The highest BCUT2D eigenvalue weighted by atomic mass is 16.4. The van der Waals surface area contributed by atoms with Gasteiger partial charge in [-0.1, -0.05) is 37.5 Å². The lowest BCUT2D eigenvalue weighted by atomic mass is 9.80. The van der Waals surface area contributed by atoms with Crippen molar-refractivity contribution < 1.29 is 24.6 Å². The molecule has 5 N–H and O–H groups in total. The van der Waals surface area contributed by atoms with Crippen molar-refractivity contribution in [1.82, 2.24) is 15.6 Å². The number of benzene rings is 1. The summed E-state index contributed by atoms with van der Waals surface area (Å²) in [6, 6.07) is 6.80. The summed E-state index contributed by atoms with van der Waals surface area (Å²) in [5, 5.41) is 25.1. The van der Waals surface area contributed by atoms with E-state index < -0.39 is 36.0 Å². The Labute approximate surface area is 162 Å². The summed E-state index contributed by atoms with van der Waals surface area (Å²) >= 11 is 0. The quantitative estimate of drug-likeness (QED) is 0.468. The normalized spacial score (nSPS) is 17.1. The Morgan fingerprint density at radius 3 is 2.50 bits per heavy atom. The van der Waals surface area contributed by atoms with Crippen molar-refractivity contribution in [3.8, 4) is 0 Å². The number of carboxylic acids is 2. The fourth-order valence-corrected chi connectivity index (χ4v) is 3.92. The van der Waals surface area contributed by atoms with Gasteiger partial charge < -0.3 is 20.5 Å². The molecule has 0 aliphatic heterocycles. The first kappa shape index (κ1) is 19.9. The van der Waals surface area contributed by atoms with E-state index >= 15 is 0 Å². The summed E-state index contributed by atoms with van der Waals surface area (Å²) in [6.07, 6.45) is 5.46. The van der Waals surface area contributed by atoms with E-state index in [4.69, 9.17) is 5.11 Å².